The van der Waals surface area contributed by atoms with Gasteiger partial charge in [-0.15, -0.1) is 0 Å². The van der Waals surface area contributed by atoms with E-state index < -0.39 is 11.4 Å². The normalized spacial score (nSPS) is 32.7. The lowest BCUT2D eigenvalue weighted by Gasteiger charge is -2.45. The van der Waals surface area contributed by atoms with Crippen molar-refractivity contribution < 1.29 is 14.6 Å². The number of benzene rings is 1. The summed E-state index contributed by atoms with van der Waals surface area (Å²) in [6.07, 6.45) is 1.76. The predicted octanol–water partition coefficient (Wildman–Crippen LogP) is 3.82. The third-order valence-electron chi connectivity index (χ3n) is 5.73. The third-order valence-corrected chi connectivity index (χ3v) is 5.73. The van der Waals surface area contributed by atoms with Crippen molar-refractivity contribution in [3.63, 3.8) is 0 Å². The molecule has 0 radical (unpaired) electrons. The van der Waals surface area contributed by atoms with Crippen LogP contribution in [0.4, 0.5) is 0 Å². The Morgan fingerprint density at radius 3 is 2.36 bits per heavy atom. The van der Waals surface area contributed by atoms with Crippen LogP contribution in [0.3, 0.4) is 0 Å². The van der Waals surface area contributed by atoms with Crippen molar-refractivity contribution in [2.45, 2.75) is 64.3 Å². The molecule has 2 unspecified atom stereocenters. The highest BCUT2D eigenvalue weighted by Crippen LogP contribution is 2.49. The molecule has 0 saturated carbocycles. The molecule has 2 atom stereocenters. The lowest BCUT2D eigenvalue weighted by molar-refractivity contribution is -0.167. The second kappa shape index (κ2) is 5.05. The molecule has 2 aliphatic rings. The molecule has 1 fully saturated rings. The van der Waals surface area contributed by atoms with Crippen LogP contribution < -0.4 is 0 Å². The molecule has 3 nitrogen and oxygen atoms in total. The second-order valence-corrected chi connectivity index (χ2v) is 7.70. The van der Waals surface area contributed by atoms with Crippen molar-refractivity contribution in [2.75, 3.05) is 13.2 Å². The quantitative estimate of drug-likeness (QED) is 0.902. The van der Waals surface area contributed by atoms with Crippen LogP contribution in [-0.4, -0.2) is 18.3 Å². The van der Waals surface area contributed by atoms with E-state index in [9.17, 15) is 5.11 Å². The van der Waals surface area contributed by atoms with Gasteiger partial charge in [-0.2, -0.15) is 0 Å². The Kier molecular flexibility index (Phi) is 3.67. The standard InChI is InChI=1S/C19H28O3/c1-6-19(21-9-10-22-19)14-7-8-15-16(11-14)17(3,4)12-13(2)18(15,5)20/h7-8,11,13,20H,6,9-10,12H2,1-5H3. The molecule has 0 amide bonds. The minimum atomic E-state index is -0.778. The fourth-order valence-electron chi connectivity index (χ4n) is 4.15. The predicted molar refractivity (Wildman–Crippen MR) is 86.7 cm³/mol. The Balaban J connectivity index is 2.13. The van der Waals surface area contributed by atoms with E-state index >= 15 is 0 Å². The topological polar surface area (TPSA) is 38.7 Å². The zero-order valence-electron chi connectivity index (χ0n) is 14.4. The lowest BCUT2D eigenvalue weighted by atomic mass is 9.62. The van der Waals surface area contributed by atoms with Crippen molar-refractivity contribution in [1.82, 2.24) is 0 Å². The molecule has 1 aliphatic carbocycles. The Labute approximate surface area is 133 Å². The Morgan fingerprint density at radius 2 is 1.77 bits per heavy atom. The van der Waals surface area contributed by atoms with Crippen LogP contribution in [0.5, 0.6) is 0 Å². The molecule has 1 N–H and O–H groups in total. The first kappa shape index (κ1) is 16.0. The van der Waals surface area contributed by atoms with Crippen LogP contribution in [-0.2, 0) is 26.3 Å². The van der Waals surface area contributed by atoms with E-state index in [0.717, 1.165) is 24.0 Å². The van der Waals surface area contributed by atoms with Crippen molar-refractivity contribution in [2.24, 2.45) is 5.92 Å². The summed E-state index contributed by atoms with van der Waals surface area (Å²) in [5, 5.41) is 10.9. The summed E-state index contributed by atoms with van der Waals surface area (Å²) in [7, 11) is 0. The molecule has 0 spiro atoms. The zero-order chi connectivity index (χ0) is 16.2. The molecular formula is C19H28O3. The van der Waals surface area contributed by atoms with Gasteiger partial charge in [0, 0.05) is 12.0 Å². The van der Waals surface area contributed by atoms with Gasteiger partial charge in [-0.1, -0.05) is 39.8 Å². The molecular weight excluding hydrogens is 276 g/mol. The molecule has 1 aromatic carbocycles. The average molecular weight is 304 g/mol. The maximum atomic E-state index is 10.9. The smallest absolute Gasteiger partial charge is 0.194 e. The summed E-state index contributed by atoms with van der Waals surface area (Å²) in [5.74, 6) is -0.375. The third kappa shape index (κ3) is 2.22. The molecule has 0 aromatic heterocycles. The first-order valence-corrected chi connectivity index (χ1v) is 8.39. The summed E-state index contributed by atoms with van der Waals surface area (Å²) >= 11 is 0. The number of ether oxygens (including phenoxy) is 2. The van der Waals surface area contributed by atoms with Crippen LogP contribution in [0.15, 0.2) is 18.2 Å². The molecule has 3 heteroatoms. The van der Waals surface area contributed by atoms with Crippen LogP contribution in [0.1, 0.15) is 64.2 Å². The molecule has 1 aromatic rings. The molecule has 1 aliphatic heterocycles. The number of aliphatic hydroxyl groups is 1. The highest BCUT2D eigenvalue weighted by atomic mass is 16.7. The first-order chi connectivity index (χ1) is 10.2. The van der Waals surface area contributed by atoms with Gasteiger partial charge in [0.1, 0.15) is 0 Å². The van der Waals surface area contributed by atoms with Gasteiger partial charge in [-0.05, 0) is 41.9 Å². The minimum Gasteiger partial charge on any atom is -0.385 e. The van der Waals surface area contributed by atoms with E-state index in [1.165, 1.54) is 5.56 Å². The van der Waals surface area contributed by atoms with E-state index in [2.05, 4.69) is 45.9 Å². The van der Waals surface area contributed by atoms with Gasteiger partial charge in [0.25, 0.3) is 0 Å². The SMILES string of the molecule is CCC1(c2ccc3c(c2)C(C)(C)CC(C)C3(C)O)OCCO1. The molecule has 1 heterocycles. The molecule has 0 bridgehead atoms. The van der Waals surface area contributed by atoms with Gasteiger partial charge in [0.2, 0.25) is 0 Å². The van der Waals surface area contributed by atoms with Crippen molar-refractivity contribution in [3.8, 4) is 0 Å². The highest BCUT2D eigenvalue weighted by Gasteiger charge is 2.45. The summed E-state index contributed by atoms with van der Waals surface area (Å²) in [5.41, 5.74) is 2.61. The monoisotopic (exact) mass is 304 g/mol. The largest absolute Gasteiger partial charge is 0.385 e. The van der Waals surface area contributed by atoms with Crippen LogP contribution >= 0.6 is 0 Å². The van der Waals surface area contributed by atoms with Gasteiger partial charge < -0.3 is 14.6 Å². The van der Waals surface area contributed by atoms with Gasteiger partial charge in [0.15, 0.2) is 5.79 Å². The maximum Gasteiger partial charge on any atom is 0.194 e. The van der Waals surface area contributed by atoms with Gasteiger partial charge >= 0.3 is 0 Å². The fraction of sp³-hybridized carbons (Fsp3) is 0.684. The van der Waals surface area contributed by atoms with E-state index in [1.807, 2.05) is 6.92 Å². The molecule has 22 heavy (non-hydrogen) atoms. The molecule has 3 rings (SSSR count). The number of hydrogen-bond donors (Lipinski definition) is 1. The first-order valence-electron chi connectivity index (χ1n) is 8.39. The van der Waals surface area contributed by atoms with Gasteiger partial charge in [-0.25, -0.2) is 0 Å². The van der Waals surface area contributed by atoms with Crippen molar-refractivity contribution in [3.05, 3.63) is 34.9 Å². The van der Waals surface area contributed by atoms with Crippen molar-refractivity contribution in [1.29, 1.82) is 0 Å². The Morgan fingerprint density at radius 1 is 1.14 bits per heavy atom. The van der Waals surface area contributed by atoms with E-state index in [1.54, 1.807) is 0 Å². The van der Waals surface area contributed by atoms with Crippen LogP contribution in [0, 0.1) is 5.92 Å². The molecule has 122 valence electrons. The zero-order valence-corrected chi connectivity index (χ0v) is 14.4. The minimum absolute atomic E-state index is 0.0422. The Bertz CT molecular complexity index is 568. The van der Waals surface area contributed by atoms with E-state index in [4.69, 9.17) is 9.47 Å². The second-order valence-electron chi connectivity index (χ2n) is 7.70. The summed E-state index contributed by atoms with van der Waals surface area (Å²) in [6, 6.07) is 6.34. The van der Waals surface area contributed by atoms with E-state index in [-0.39, 0.29) is 11.3 Å². The van der Waals surface area contributed by atoms with Gasteiger partial charge in [-0.3, -0.25) is 0 Å². The summed E-state index contributed by atoms with van der Waals surface area (Å²) in [6.45, 7) is 12.0. The van der Waals surface area contributed by atoms with E-state index in [0.29, 0.717) is 13.2 Å². The maximum absolute atomic E-state index is 10.9. The van der Waals surface area contributed by atoms with Crippen molar-refractivity contribution >= 4 is 0 Å². The number of fused-ring (bicyclic) bond motifs is 1. The number of rotatable bonds is 2. The average Bonchev–Trinajstić information content (AvgIpc) is 2.95. The molecule has 1 saturated heterocycles. The summed E-state index contributed by atoms with van der Waals surface area (Å²) in [4.78, 5) is 0. The summed E-state index contributed by atoms with van der Waals surface area (Å²) < 4.78 is 11.8. The lowest BCUT2D eigenvalue weighted by Crippen LogP contribution is -2.42. The highest BCUT2D eigenvalue weighted by molar-refractivity contribution is 5.44. The number of hydrogen-bond acceptors (Lipinski definition) is 3. The van der Waals surface area contributed by atoms with Crippen LogP contribution in [0.2, 0.25) is 0 Å². The fourth-order valence-corrected chi connectivity index (χ4v) is 4.15. The van der Waals surface area contributed by atoms with Gasteiger partial charge in [0.05, 0.1) is 18.8 Å². The Hall–Kier alpha value is -0.900. The van der Waals surface area contributed by atoms with Crippen LogP contribution in [0.25, 0.3) is 0 Å².